The van der Waals surface area contributed by atoms with Crippen molar-refractivity contribution in [2.75, 3.05) is 6.61 Å². The maximum Gasteiger partial charge on any atom is 0.192 e. The van der Waals surface area contributed by atoms with Crippen LogP contribution in [0.2, 0.25) is 18.1 Å². The first-order chi connectivity index (χ1) is 10.8. The van der Waals surface area contributed by atoms with Gasteiger partial charge in [-0.25, -0.2) is 0 Å². The standard InChI is InChI=1S/C21H34O2Si/c1-20(2,3)19(22)16-18-13-10-9-12-17(18)14-11-15-23-24(7,8)21(4,5)6/h9-14H,15-16H2,1-8H3/b14-11+. The normalized spacial score (nSPS) is 13.5. The van der Waals surface area contributed by atoms with E-state index in [1.165, 1.54) is 0 Å². The van der Waals surface area contributed by atoms with E-state index in [0.717, 1.165) is 11.1 Å². The fraction of sp³-hybridized carbons (Fsp3) is 0.571. The molecule has 0 radical (unpaired) electrons. The van der Waals surface area contributed by atoms with Crippen LogP contribution in [-0.2, 0) is 15.6 Å². The smallest absolute Gasteiger partial charge is 0.192 e. The lowest BCUT2D eigenvalue weighted by Crippen LogP contribution is -2.40. The highest BCUT2D eigenvalue weighted by Crippen LogP contribution is 2.36. The number of ketones is 1. The van der Waals surface area contributed by atoms with Crippen molar-refractivity contribution in [2.24, 2.45) is 5.41 Å². The van der Waals surface area contributed by atoms with Gasteiger partial charge in [-0.2, -0.15) is 0 Å². The lowest BCUT2D eigenvalue weighted by atomic mass is 9.86. The molecule has 0 fully saturated rings. The van der Waals surface area contributed by atoms with E-state index in [9.17, 15) is 4.79 Å². The van der Waals surface area contributed by atoms with E-state index in [4.69, 9.17) is 4.43 Å². The second kappa shape index (κ2) is 7.79. The number of hydrogen-bond acceptors (Lipinski definition) is 2. The predicted molar refractivity (Wildman–Crippen MR) is 107 cm³/mol. The van der Waals surface area contributed by atoms with Crippen LogP contribution in [0.3, 0.4) is 0 Å². The van der Waals surface area contributed by atoms with E-state index in [1.807, 2.05) is 39.0 Å². The first kappa shape index (κ1) is 20.9. The van der Waals surface area contributed by atoms with Gasteiger partial charge in [0.05, 0.1) is 6.61 Å². The number of hydrogen-bond donors (Lipinski definition) is 0. The van der Waals surface area contributed by atoms with Crippen molar-refractivity contribution in [3.05, 3.63) is 41.5 Å². The van der Waals surface area contributed by atoms with Crippen LogP contribution in [0.15, 0.2) is 30.3 Å². The van der Waals surface area contributed by atoms with Crippen molar-refractivity contribution >= 4 is 20.2 Å². The van der Waals surface area contributed by atoms with Gasteiger partial charge in [0.25, 0.3) is 0 Å². The summed E-state index contributed by atoms with van der Waals surface area (Å²) in [7, 11) is -1.71. The molecule has 0 aliphatic rings. The van der Waals surface area contributed by atoms with E-state index in [0.29, 0.717) is 13.0 Å². The number of Topliss-reactive ketones (excluding diaryl/α,β-unsaturated/α-hetero) is 1. The zero-order valence-electron chi connectivity index (χ0n) is 16.7. The van der Waals surface area contributed by atoms with Gasteiger partial charge in [-0.15, -0.1) is 0 Å². The lowest BCUT2D eigenvalue weighted by Gasteiger charge is -2.35. The maximum absolute atomic E-state index is 12.3. The van der Waals surface area contributed by atoms with Crippen molar-refractivity contribution in [3.63, 3.8) is 0 Å². The highest BCUT2D eigenvalue weighted by atomic mass is 28.4. The molecule has 0 atom stereocenters. The van der Waals surface area contributed by atoms with Crippen molar-refractivity contribution < 1.29 is 9.22 Å². The summed E-state index contributed by atoms with van der Waals surface area (Å²) in [6.07, 6.45) is 4.63. The topological polar surface area (TPSA) is 26.3 Å². The summed E-state index contributed by atoms with van der Waals surface area (Å²) in [5.74, 6) is 0.265. The molecule has 0 aliphatic heterocycles. The van der Waals surface area contributed by atoms with Gasteiger partial charge in [-0.05, 0) is 29.3 Å². The van der Waals surface area contributed by atoms with Crippen molar-refractivity contribution in [3.8, 4) is 0 Å². The summed E-state index contributed by atoms with van der Waals surface area (Å²) < 4.78 is 6.18. The molecule has 0 N–H and O–H groups in total. The van der Waals surface area contributed by atoms with Gasteiger partial charge in [0.1, 0.15) is 5.78 Å². The quantitative estimate of drug-likeness (QED) is 0.601. The maximum atomic E-state index is 12.3. The molecule has 134 valence electrons. The van der Waals surface area contributed by atoms with Crippen LogP contribution >= 0.6 is 0 Å². The Labute approximate surface area is 149 Å². The third-order valence-corrected chi connectivity index (χ3v) is 9.39. The van der Waals surface area contributed by atoms with E-state index < -0.39 is 8.32 Å². The Morgan fingerprint density at radius 3 is 2.21 bits per heavy atom. The summed E-state index contributed by atoms with van der Waals surface area (Å²) >= 11 is 0. The number of carbonyl (C=O) groups excluding carboxylic acids is 1. The minimum Gasteiger partial charge on any atom is -0.413 e. The van der Waals surface area contributed by atoms with Gasteiger partial charge >= 0.3 is 0 Å². The molecule has 0 bridgehead atoms. The van der Waals surface area contributed by atoms with Crippen LogP contribution in [0.4, 0.5) is 0 Å². The largest absolute Gasteiger partial charge is 0.413 e. The van der Waals surface area contributed by atoms with Gasteiger partial charge in [0.2, 0.25) is 0 Å². The van der Waals surface area contributed by atoms with Gasteiger partial charge in [0.15, 0.2) is 8.32 Å². The molecule has 0 saturated heterocycles. The highest BCUT2D eigenvalue weighted by molar-refractivity contribution is 6.74. The zero-order valence-corrected chi connectivity index (χ0v) is 17.7. The van der Waals surface area contributed by atoms with E-state index in [2.05, 4.69) is 52.1 Å². The molecule has 1 rings (SSSR count). The van der Waals surface area contributed by atoms with Gasteiger partial charge in [-0.1, -0.05) is 78.0 Å². The first-order valence-corrected chi connectivity index (χ1v) is 11.7. The average molecular weight is 347 g/mol. The summed E-state index contributed by atoms with van der Waals surface area (Å²) in [4.78, 5) is 12.3. The van der Waals surface area contributed by atoms with Gasteiger partial charge < -0.3 is 4.43 Å². The Morgan fingerprint density at radius 1 is 1.08 bits per heavy atom. The highest BCUT2D eigenvalue weighted by Gasteiger charge is 2.36. The SMILES string of the molecule is CC(C)(C)C(=O)Cc1ccccc1/C=C/CO[Si](C)(C)C(C)(C)C. The van der Waals surface area contributed by atoms with Crippen molar-refractivity contribution in [1.82, 2.24) is 0 Å². The lowest BCUT2D eigenvalue weighted by molar-refractivity contribution is -0.125. The Balaban J connectivity index is 2.77. The second-order valence-electron chi connectivity index (χ2n) is 9.02. The van der Waals surface area contributed by atoms with Crippen LogP contribution in [-0.4, -0.2) is 20.7 Å². The number of carbonyl (C=O) groups is 1. The summed E-state index contributed by atoms with van der Waals surface area (Å²) in [5.41, 5.74) is 1.89. The molecule has 0 saturated carbocycles. The Kier molecular flexibility index (Phi) is 6.77. The monoisotopic (exact) mass is 346 g/mol. The molecule has 0 amide bonds. The molecule has 2 nitrogen and oxygen atoms in total. The van der Waals surface area contributed by atoms with Crippen LogP contribution in [0.5, 0.6) is 0 Å². The molecular formula is C21H34O2Si. The van der Waals surface area contributed by atoms with E-state index in [1.54, 1.807) is 0 Å². The molecule has 0 aliphatic carbocycles. The van der Waals surface area contributed by atoms with Crippen LogP contribution < -0.4 is 0 Å². The number of rotatable bonds is 6. The van der Waals surface area contributed by atoms with Crippen molar-refractivity contribution in [1.29, 1.82) is 0 Å². The second-order valence-corrected chi connectivity index (χ2v) is 13.8. The predicted octanol–water partition coefficient (Wildman–Crippen LogP) is 5.88. The molecule has 3 heteroatoms. The zero-order chi connectivity index (χ0) is 18.6. The molecule has 0 unspecified atom stereocenters. The molecule has 1 aromatic carbocycles. The molecule has 0 spiro atoms. The Morgan fingerprint density at radius 2 is 1.67 bits per heavy atom. The molecule has 24 heavy (non-hydrogen) atoms. The van der Waals surface area contributed by atoms with Gasteiger partial charge in [-0.3, -0.25) is 4.79 Å². The fourth-order valence-corrected chi connectivity index (χ4v) is 2.89. The molecule has 1 aromatic rings. The molecular weight excluding hydrogens is 312 g/mol. The average Bonchev–Trinajstić information content (AvgIpc) is 2.43. The molecule has 0 aromatic heterocycles. The number of benzene rings is 1. The minimum atomic E-state index is -1.71. The summed E-state index contributed by atoms with van der Waals surface area (Å²) in [6, 6.07) is 8.11. The molecule has 0 heterocycles. The minimum absolute atomic E-state index is 0.220. The van der Waals surface area contributed by atoms with Crippen LogP contribution in [0.1, 0.15) is 52.7 Å². The Hall–Kier alpha value is -1.19. The van der Waals surface area contributed by atoms with Crippen LogP contribution in [0.25, 0.3) is 6.08 Å². The van der Waals surface area contributed by atoms with E-state index in [-0.39, 0.29) is 16.2 Å². The Bertz CT molecular complexity index is 587. The fourth-order valence-electron chi connectivity index (χ4n) is 1.94. The first-order valence-electron chi connectivity index (χ1n) is 8.76. The van der Waals surface area contributed by atoms with E-state index >= 15 is 0 Å². The van der Waals surface area contributed by atoms with Crippen molar-refractivity contribution in [2.45, 2.75) is 66.1 Å². The van der Waals surface area contributed by atoms with Gasteiger partial charge in [0, 0.05) is 11.8 Å². The summed E-state index contributed by atoms with van der Waals surface area (Å²) in [6.45, 7) is 17.8. The van der Waals surface area contributed by atoms with Crippen LogP contribution in [0, 0.1) is 5.41 Å². The third kappa shape index (κ3) is 6.03. The summed E-state index contributed by atoms with van der Waals surface area (Å²) in [5, 5.41) is 0.220. The third-order valence-electron chi connectivity index (χ3n) is 4.89.